The molecule has 7 nitrogen and oxygen atoms in total. The molecule has 0 radical (unpaired) electrons. The van der Waals surface area contributed by atoms with Crippen LogP contribution in [0, 0.1) is 5.92 Å². The van der Waals surface area contributed by atoms with E-state index in [9.17, 15) is 20.1 Å². The molecule has 7 heteroatoms. The quantitative estimate of drug-likeness (QED) is 0.395. The summed E-state index contributed by atoms with van der Waals surface area (Å²) in [4.78, 5) is 13.1. The molecule has 2 heterocycles. The van der Waals surface area contributed by atoms with E-state index in [1.165, 1.54) is 6.92 Å². The number of carbonyl (C=O) groups excluding carboxylic acids is 1. The zero-order chi connectivity index (χ0) is 14.8. The molecule has 0 aliphatic carbocycles. The summed E-state index contributed by atoms with van der Waals surface area (Å²) in [6.07, 6.45) is 1.30. The summed E-state index contributed by atoms with van der Waals surface area (Å²) in [5.41, 5.74) is -1.22. The molecule has 2 fully saturated rings. The van der Waals surface area contributed by atoms with Crippen molar-refractivity contribution in [1.82, 2.24) is 15.5 Å². The highest BCUT2D eigenvalue weighted by Gasteiger charge is 2.56. The van der Waals surface area contributed by atoms with Gasteiger partial charge in [-0.1, -0.05) is 0 Å². The number of β-amino-alcohol motifs (C(OH)–C–C–N with tert-alkyl or cyclic N) is 1. The largest absolute Gasteiger partial charge is 0.395 e. The first kappa shape index (κ1) is 15.7. The van der Waals surface area contributed by atoms with Crippen LogP contribution in [-0.4, -0.2) is 76.8 Å². The van der Waals surface area contributed by atoms with Gasteiger partial charge in [-0.05, 0) is 19.4 Å². The van der Waals surface area contributed by atoms with E-state index in [2.05, 4.69) is 10.6 Å². The maximum Gasteiger partial charge on any atom is 0.217 e. The van der Waals surface area contributed by atoms with Gasteiger partial charge in [0.2, 0.25) is 5.91 Å². The van der Waals surface area contributed by atoms with Crippen LogP contribution in [-0.2, 0) is 4.79 Å². The van der Waals surface area contributed by atoms with Gasteiger partial charge in [-0.15, -0.1) is 0 Å². The highest BCUT2D eigenvalue weighted by Crippen LogP contribution is 2.40. The van der Waals surface area contributed by atoms with Gasteiger partial charge in [-0.2, -0.15) is 0 Å². The van der Waals surface area contributed by atoms with Gasteiger partial charge in [-0.3, -0.25) is 9.69 Å². The van der Waals surface area contributed by atoms with E-state index in [-0.39, 0.29) is 37.6 Å². The minimum absolute atomic E-state index is 0.0255. The highest BCUT2D eigenvalue weighted by atomic mass is 16.3. The van der Waals surface area contributed by atoms with Crippen LogP contribution in [0.3, 0.4) is 0 Å². The lowest BCUT2D eigenvalue weighted by molar-refractivity contribution is -0.155. The molecular formula is C13H25N3O4. The van der Waals surface area contributed by atoms with E-state index in [0.29, 0.717) is 13.0 Å². The van der Waals surface area contributed by atoms with Crippen LogP contribution < -0.4 is 10.6 Å². The van der Waals surface area contributed by atoms with Crippen molar-refractivity contribution in [2.24, 2.45) is 5.92 Å². The zero-order valence-corrected chi connectivity index (χ0v) is 11.9. The molecule has 0 aromatic carbocycles. The Morgan fingerprint density at radius 1 is 1.50 bits per heavy atom. The van der Waals surface area contributed by atoms with Gasteiger partial charge in [0, 0.05) is 32.0 Å². The monoisotopic (exact) mass is 287 g/mol. The summed E-state index contributed by atoms with van der Waals surface area (Å²) < 4.78 is 0. The molecule has 2 aliphatic heterocycles. The Labute approximate surface area is 119 Å². The number of aliphatic hydroxyl groups excluding tert-OH is 2. The Bertz CT molecular complexity index is 349. The minimum Gasteiger partial charge on any atom is -0.395 e. The number of hydrogen-bond acceptors (Lipinski definition) is 6. The number of amides is 1. The lowest BCUT2D eigenvalue weighted by Crippen LogP contribution is -2.62. The second-order valence-corrected chi connectivity index (χ2v) is 5.71. The number of likely N-dealkylation sites (tertiary alicyclic amines) is 1. The van der Waals surface area contributed by atoms with Crippen molar-refractivity contribution >= 4 is 5.91 Å². The topological polar surface area (TPSA) is 105 Å². The van der Waals surface area contributed by atoms with Gasteiger partial charge in [0.1, 0.15) is 5.72 Å². The fraction of sp³-hybridized carbons (Fsp3) is 0.923. The third kappa shape index (κ3) is 2.68. The molecule has 116 valence electrons. The van der Waals surface area contributed by atoms with Crippen LogP contribution in [0.15, 0.2) is 0 Å². The second kappa shape index (κ2) is 6.36. The Kier molecular flexibility index (Phi) is 4.98. The molecule has 2 rings (SSSR count). The van der Waals surface area contributed by atoms with Crippen LogP contribution in [0.25, 0.3) is 0 Å². The number of aliphatic hydroxyl groups is 3. The molecule has 20 heavy (non-hydrogen) atoms. The number of hydrogen-bond donors (Lipinski definition) is 5. The standard InChI is InChI=1S/C13H25N3O4/c1-9(19)15-12-6-11(8-18)16(4-5-17)13(12,20)10-2-3-14-7-10/h10-12,14,17-18,20H,2-8H2,1H3,(H,15,19)/t10-,11+,12-,13?/m0/s1. The van der Waals surface area contributed by atoms with Crippen LogP contribution in [0.5, 0.6) is 0 Å². The molecule has 1 unspecified atom stereocenters. The van der Waals surface area contributed by atoms with Gasteiger partial charge >= 0.3 is 0 Å². The Hall–Kier alpha value is -0.730. The van der Waals surface area contributed by atoms with E-state index in [1.807, 2.05) is 0 Å². The van der Waals surface area contributed by atoms with Crippen molar-refractivity contribution in [3.63, 3.8) is 0 Å². The molecule has 2 aliphatic rings. The smallest absolute Gasteiger partial charge is 0.217 e. The van der Waals surface area contributed by atoms with Gasteiger partial charge in [0.15, 0.2) is 0 Å². The molecule has 4 atom stereocenters. The van der Waals surface area contributed by atoms with Crippen LogP contribution in [0.1, 0.15) is 19.8 Å². The van der Waals surface area contributed by atoms with Gasteiger partial charge in [0.05, 0.1) is 19.3 Å². The van der Waals surface area contributed by atoms with E-state index in [4.69, 9.17) is 0 Å². The van der Waals surface area contributed by atoms with Crippen molar-refractivity contribution in [2.45, 2.75) is 37.6 Å². The van der Waals surface area contributed by atoms with Gasteiger partial charge in [0.25, 0.3) is 0 Å². The minimum atomic E-state index is -1.22. The second-order valence-electron chi connectivity index (χ2n) is 5.71. The van der Waals surface area contributed by atoms with Crippen molar-refractivity contribution in [1.29, 1.82) is 0 Å². The maximum absolute atomic E-state index is 11.4. The van der Waals surface area contributed by atoms with Crippen LogP contribution >= 0.6 is 0 Å². The first-order chi connectivity index (χ1) is 9.53. The van der Waals surface area contributed by atoms with Crippen molar-refractivity contribution in [3.8, 4) is 0 Å². The first-order valence-electron chi connectivity index (χ1n) is 7.22. The van der Waals surface area contributed by atoms with E-state index in [1.54, 1.807) is 4.90 Å². The summed E-state index contributed by atoms with van der Waals surface area (Å²) >= 11 is 0. The van der Waals surface area contributed by atoms with E-state index in [0.717, 1.165) is 13.0 Å². The third-order valence-electron chi connectivity index (χ3n) is 4.51. The average molecular weight is 287 g/mol. The molecule has 0 saturated carbocycles. The Morgan fingerprint density at radius 3 is 2.75 bits per heavy atom. The summed E-state index contributed by atoms with van der Waals surface area (Å²) in [6, 6.07) is -0.668. The van der Waals surface area contributed by atoms with E-state index >= 15 is 0 Å². The van der Waals surface area contributed by atoms with Gasteiger partial charge < -0.3 is 26.0 Å². The Balaban J connectivity index is 2.28. The molecular weight excluding hydrogens is 262 g/mol. The van der Waals surface area contributed by atoms with Gasteiger partial charge in [-0.25, -0.2) is 0 Å². The summed E-state index contributed by atoms with van der Waals surface area (Å²) in [5, 5.41) is 36.0. The molecule has 5 N–H and O–H groups in total. The molecule has 0 aromatic heterocycles. The predicted octanol–water partition coefficient (Wildman–Crippen LogP) is -2.15. The molecule has 1 amide bonds. The summed E-state index contributed by atoms with van der Waals surface area (Å²) in [6.45, 7) is 3.03. The number of rotatable bonds is 5. The Morgan fingerprint density at radius 2 is 2.25 bits per heavy atom. The zero-order valence-electron chi connectivity index (χ0n) is 11.9. The SMILES string of the molecule is CC(=O)N[C@H]1C[C@H](CO)N(CCO)C1(O)[C@H]1CCNC1. The average Bonchev–Trinajstić information content (AvgIpc) is 3.01. The molecule has 0 spiro atoms. The van der Waals surface area contributed by atoms with Crippen LogP contribution in [0.2, 0.25) is 0 Å². The fourth-order valence-electron chi connectivity index (χ4n) is 3.65. The summed E-state index contributed by atoms with van der Waals surface area (Å²) in [7, 11) is 0. The number of carbonyl (C=O) groups is 1. The number of nitrogens with one attached hydrogen (secondary N) is 2. The number of nitrogens with zero attached hydrogens (tertiary/aromatic N) is 1. The third-order valence-corrected chi connectivity index (χ3v) is 4.51. The van der Waals surface area contributed by atoms with Crippen molar-refractivity contribution in [2.75, 3.05) is 32.8 Å². The molecule has 0 aromatic rings. The normalized spacial score (nSPS) is 38.3. The maximum atomic E-state index is 11.4. The van der Waals surface area contributed by atoms with Crippen LogP contribution in [0.4, 0.5) is 0 Å². The highest BCUT2D eigenvalue weighted by molar-refractivity contribution is 5.73. The van der Waals surface area contributed by atoms with Crippen molar-refractivity contribution < 1.29 is 20.1 Å². The molecule has 2 saturated heterocycles. The first-order valence-corrected chi connectivity index (χ1v) is 7.22. The predicted molar refractivity (Wildman–Crippen MR) is 72.8 cm³/mol. The van der Waals surface area contributed by atoms with E-state index < -0.39 is 11.8 Å². The summed E-state index contributed by atoms with van der Waals surface area (Å²) in [5.74, 6) is -0.218. The fourth-order valence-corrected chi connectivity index (χ4v) is 3.65. The lowest BCUT2D eigenvalue weighted by Gasteiger charge is -2.43. The molecule has 0 bridgehead atoms. The lowest BCUT2D eigenvalue weighted by atomic mass is 9.88. The van der Waals surface area contributed by atoms with Crippen molar-refractivity contribution in [3.05, 3.63) is 0 Å².